The van der Waals surface area contributed by atoms with Gasteiger partial charge in [0, 0.05) is 0 Å². The van der Waals surface area contributed by atoms with Gasteiger partial charge in [-0.05, 0) is 30.7 Å². The molecular weight excluding hydrogens is 446 g/mol. The van der Waals surface area contributed by atoms with Crippen molar-refractivity contribution in [1.29, 1.82) is 5.26 Å². The number of carbonyl (C=O) groups excluding carboxylic acids is 2. The third kappa shape index (κ3) is 3.49. The number of para-hydroxylation sites is 1. The molecule has 0 aliphatic heterocycles. The number of hydrogen-bond acceptors (Lipinski definition) is 7. The highest BCUT2D eigenvalue weighted by molar-refractivity contribution is 6.31. The number of aromatic hydroxyl groups is 2. The number of unbranched alkanes of at least 4 members (excludes halogenated alkanes) is 1. The average molecular weight is 464 g/mol. The van der Waals surface area contributed by atoms with Gasteiger partial charge >= 0.3 is 0 Å². The molecule has 3 aromatic carbocycles. The van der Waals surface area contributed by atoms with Gasteiger partial charge in [0.15, 0.2) is 17.4 Å². The molecule has 3 aromatic rings. The van der Waals surface area contributed by atoms with E-state index < -0.39 is 68.4 Å². The van der Waals surface area contributed by atoms with Crippen LogP contribution in [0.5, 0.6) is 17.2 Å². The van der Waals surface area contributed by atoms with Gasteiger partial charge in [-0.25, -0.2) is 8.78 Å². The van der Waals surface area contributed by atoms with Crippen molar-refractivity contribution < 1.29 is 33.3 Å². The van der Waals surface area contributed by atoms with Crippen LogP contribution >= 0.6 is 0 Å². The summed E-state index contributed by atoms with van der Waals surface area (Å²) < 4.78 is 37.1. The molecule has 0 bridgehead atoms. The SMILES string of the molecule is CCCCOc1c(F)c2c(c(F)c1Nc1ccccc1C#N)C(=O)c1c(O)ccc(O)c1C2=O. The highest BCUT2D eigenvalue weighted by Crippen LogP contribution is 2.45. The van der Waals surface area contributed by atoms with Crippen molar-refractivity contribution in [3.05, 3.63) is 75.8 Å². The van der Waals surface area contributed by atoms with Crippen LogP contribution in [0.15, 0.2) is 36.4 Å². The Morgan fingerprint density at radius 2 is 1.53 bits per heavy atom. The molecule has 7 nitrogen and oxygen atoms in total. The zero-order valence-electron chi connectivity index (χ0n) is 17.9. The number of nitriles is 1. The summed E-state index contributed by atoms with van der Waals surface area (Å²) in [7, 11) is 0. The first-order valence-electron chi connectivity index (χ1n) is 10.4. The number of phenols is 2. The first-order chi connectivity index (χ1) is 16.3. The van der Waals surface area contributed by atoms with Crippen LogP contribution in [-0.2, 0) is 0 Å². The number of fused-ring (bicyclic) bond motifs is 2. The number of anilines is 2. The summed E-state index contributed by atoms with van der Waals surface area (Å²) in [6, 6.07) is 9.94. The molecule has 1 aliphatic rings. The van der Waals surface area contributed by atoms with Crippen LogP contribution in [0.1, 0.15) is 57.2 Å². The van der Waals surface area contributed by atoms with Gasteiger partial charge in [-0.1, -0.05) is 25.5 Å². The van der Waals surface area contributed by atoms with Crippen LogP contribution in [0.2, 0.25) is 0 Å². The second-order valence-corrected chi connectivity index (χ2v) is 7.58. The predicted molar refractivity (Wildman–Crippen MR) is 118 cm³/mol. The number of carbonyl (C=O) groups is 2. The van der Waals surface area contributed by atoms with E-state index in [0.717, 1.165) is 12.1 Å². The first-order valence-corrected chi connectivity index (χ1v) is 10.4. The quantitative estimate of drug-likeness (QED) is 0.273. The van der Waals surface area contributed by atoms with Crippen molar-refractivity contribution in [3.8, 4) is 23.3 Å². The Kier molecular flexibility index (Phi) is 5.90. The molecule has 34 heavy (non-hydrogen) atoms. The Morgan fingerprint density at radius 1 is 0.941 bits per heavy atom. The van der Waals surface area contributed by atoms with E-state index in [1.165, 1.54) is 12.1 Å². The summed E-state index contributed by atoms with van der Waals surface area (Å²) >= 11 is 0. The highest BCUT2D eigenvalue weighted by Gasteiger charge is 2.41. The number of nitrogens with one attached hydrogen (secondary N) is 1. The Hall–Kier alpha value is -4.45. The van der Waals surface area contributed by atoms with Crippen molar-refractivity contribution in [2.75, 3.05) is 11.9 Å². The summed E-state index contributed by atoms with van der Waals surface area (Å²) in [6.07, 6.45) is 1.18. The van der Waals surface area contributed by atoms with E-state index in [4.69, 9.17) is 4.74 Å². The lowest BCUT2D eigenvalue weighted by Crippen LogP contribution is -2.25. The van der Waals surface area contributed by atoms with E-state index in [2.05, 4.69) is 5.32 Å². The highest BCUT2D eigenvalue weighted by atomic mass is 19.1. The molecule has 0 radical (unpaired) electrons. The summed E-state index contributed by atoms with van der Waals surface area (Å²) in [5.74, 6) is -6.88. The van der Waals surface area contributed by atoms with Crippen molar-refractivity contribution in [2.24, 2.45) is 0 Å². The number of hydrogen-bond donors (Lipinski definition) is 3. The Bertz CT molecular complexity index is 1400. The van der Waals surface area contributed by atoms with Gasteiger partial charge in [-0.2, -0.15) is 5.26 Å². The third-order valence-corrected chi connectivity index (χ3v) is 5.46. The van der Waals surface area contributed by atoms with Crippen LogP contribution < -0.4 is 10.1 Å². The van der Waals surface area contributed by atoms with Crippen molar-refractivity contribution in [3.63, 3.8) is 0 Å². The van der Waals surface area contributed by atoms with E-state index in [1.54, 1.807) is 12.1 Å². The maximum Gasteiger partial charge on any atom is 0.201 e. The van der Waals surface area contributed by atoms with Gasteiger partial charge in [-0.15, -0.1) is 0 Å². The molecular formula is C25H18F2N2O5. The number of benzene rings is 3. The van der Waals surface area contributed by atoms with E-state index in [9.17, 15) is 25.1 Å². The fraction of sp³-hybridized carbons (Fsp3) is 0.160. The fourth-order valence-corrected chi connectivity index (χ4v) is 3.77. The number of nitrogens with zero attached hydrogens (tertiary/aromatic N) is 1. The van der Waals surface area contributed by atoms with E-state index in [1.807, 2.05) is 13.0 Å². The van der Waals surface area contributed by atoms with Crippen LogP contribution in [0.25, 0.3) is 0 Å². The summed E-state index contributed by atoms with van der Waals surface area (Å²) in [6.45, 7) is 1.86. The Labute approximate surface area is 192 Å². The number of phenolic OH excluding ortho intramolecular Hbond substituents is 2. The maximum absolute atomic E-state index is 15.9. The van der Waals surface area contributed by atoms with Crippen molar-refractivity contribution >= 4 is 22.9 Å². The van der Waals surface area contributed by atoms with Crippen molar-refractivity contribution in [1.82, 2.24) is 0 Å². The topological polar surface area (TPSA) is 120 Å². The number of ether oxygens (including phenoxy) is 1. The lowest BCUT2D eigenvalue weighted by Gasteiger charge is -2.24. The summed E-state index contributed by atoms with van der Waals surface area (Å²) in [5.41, 5.74) is -3.38. The lowest BCUT2D eigenvalue weighted by atomic mass is 9.82. The smallest absolute Gasteiger partial charge is 0.201 e. The molecule has 0 amide bonds. The molecule has 9 heteroatoms. The molecule has 0 aromatic heterocycles. The number of halogens is 2. The summed E-state index contributed by atoms with van der Waals surface area (Å²) in [5, 5.41) is 32.3. The first kappa shape index (κ1) is 22.7. The monoisotopic (exact) mass is 464 g/mol. The van der Waals surface area contributed by atoms with Gasteiger partial charge < -0.3 is 20.3 Å². The molecule has 4 rings (SSSR count). The molecule has 3 N–H and O–H groups in total. The fourth-order valence-electron chi connectivity index (χ4n) is 3.77. The third-order valence-electron chi connectivity index (χ3n) is 5.46. The van der Waals surface area contributed by atoms with Gasteiger partial charge in [0.05, 0.1) is 40.1 Å². The molecule has 0 unspecified atom stereocenters. The molecule has 1 aliphatic carbocycles. The van der Waals surface area contributed by atoms with Crippen LogP contribution in [0, 0.1) is 23.0 Å². The van der Waals surface area contributed by atoms with E-state index >= 15 is 8.78 Å². The Morgan fingerprint density at radius 3 is 2.12 bits per heavy atom. The van der Waals surface area contributed by atoms with Crippen LogP contribution in [-0.4, -0.2) is 28.4 Å². The standard InChI is InChI=1S/C25H18F2N2O5/c1-2-3-10-34-25-21(27)19-18(20(26)22(25)29-13-7-5-4-6-12(13)11-28)23(32)16-14(30)8-9-15(31)17(16)24(19)33/h4-9,29-31H,2-3,10H2,1H3. The minimum absolute atomic E-state index is 0.00894. The average Bonchev–Trinajstić information content (AvgIpc) is 2.83. The van der Waals surface area contributed by atoms with Gasteiger partial charge in [0.2, 0.25) is 11.6 Å². The zero-order chi connectivity index (χ0) is 24.6. The molecule has 0 saturated heterocycles. The second-order valence-electron chi connectivity index (χ2n) is 7.58. The van der Waals surface area contributed by atoms with Gasteiger partial charge in [0.1, 0.15) is 23.3 Å². The molecule has 0 spiro atoms. The molecule has 0 fully saturated rings. The minimum atomic E-state index is -1.30. The number of ketones is 2. The largest absolute Gasteiger partial charge is 0.507 e. The molecule has 172 valence electrons. The van der Waals surface area contributed by atoms with Crippen LogP contribution in [0.3, 0.4) is 0 Å². The maximum atomic E-state index is 15.9. The van der Waals surface area contributed by atoms with Crippen LogP contribution in [0.4, 0.5) is 20.2 Å². The predicted octanol–water partition coefficient (Wildman–Crippen LogP) is 4.95. The van der Waals surface area contributed by atoms with E-state index in [0.29, 0.717) is 12.8 Å². The minimum Gasteiger partial charge on any atom is -0.507 e. The summed E-state index contributed by atoms with van der Waals surface area (Å²) in [4.78, 5) is 26.3. The normalized spacial score (nSPS) is 12.1. The zero-order valence-corrected chi connectivity index (χ0v) is 17.9. The van der Waals surface area contributed by atoms with Gasteiger partial charge in [0.25, 0.3) is 0 Å². The lowest BCUT2D eigenvalue weighted by molar-refractivity contribution is 0.0966. The van der Waals surface area contributed by atoms with Gasteiger partial charge in [-0.3, -0.25) is 9.59 Å². The molecule has 0 atom stereocenters. The molecule has 0 saturated carbocycles. The second kappa shape index (κ2) is 8.83. The molecule has 0 heterocycles. The Balaban J connectivity index is 1.99. The van der Waals surface area contributed by atoms with Crippen molar-refractivity contribution in [2.45, 2.75) is 19.8 Å². The number of rotatable bonds is 6. The van der Waals surface area contributed by atoms with E-state index in [-0.39, 0.29) is 17.9 Å².